The van der Waals surface area contributed by atoms with Crippen LogP contribution in [0.3, 0.4) is 0 Å². The van der Waals surface area contributed by atoms with E-state index in [2.05, 4.69) is 11.1 Å². The summed E-state index contributed by atoms with van der Waals surface area (Å²) >= 11 is 1.27. The summed E-state index contributed by atoms with van der Waals surface area (Å²) in [4.78, 5) is 19.3. The van der Waals surface area contributed by atoms with E-state index in [0.29, 0.717) is 27.9 Å². The molecule has 0 aliphatic rings. The number of methoxy groups -OCH3 is 1. The van der Waals surface area contributed by atoms with Gasteiger partial charge >= 0.3 is 0 Å². The van der Waals surface area contributed by atoms with Crippen molar-refractivity contribution in [2.45, 2.75) is 13.5 Å². The molecule has 1 N–H and O–H groups in total. The van der Waals surface area contributed by atoms with Crippen LogP contribution in [-0.4, -0.2) is 32.7 Å². The highest BCUT2D eigenvalue weighted by molar-refractivity contribution is 7.89. The molecule has 1 heterocycles. The SMILES string of the molecule is COc1cccc(CN(c2ccc(C#N)cc2)c2nc(C(=O)NS(C)(=O)=O)c(C)s2)c1. The van der Waals surface area contributed by atoms with E-state index in [0.717, 1.165) is 17.5 Å². The highest BCUT2D eigenvalue weighted by Gasteiger charge is 2.22. The van der Waals surface area contributed by atoms with E-state index in [4.69, 9.17) is 10.00 Å². The molecule has 1 amide bonds. The van der Waals surface area contributed by atoms with Crippen molar-refractivity contribution in [2.24, 2.45) is 0 Å². The summed E-state index contributed by atoms with van der Waals surface area (Å²) in [6.45, 7) is 2.13. The molecule has 1 aromatic heterocycles. The van der Waals surface area contributed by atoms with E-state index in [1.807, 2.05) is 33.9 Å². The van der Waals surface area contributed by atoms with E-state index in [-0.39, 0.29) is 5.69 Å². The minimum atomic E-state index is -3.71. The second-order valence-electron chi connectivity index (χ2n) is 6.70. The van der Waals surface area contributed by atoms with Gasteiger partial charge in [-0.3, -0.25) is 4.79 Å². The minimum absolute atomic E-state index is 0.0507. The summed E-state index contributed by atoms with van der Waals surface area (Å²) in [7, 11) is -2.12. The Hall–Kier alpha value is -3.42. The van der Waals surface area contributed by atoms with Gasteiger partial charge in [0.05, 0.1) is 31.5 Å². The number of carbonyl (C=O) groups is 1. The number of amides is 1. The molecule has 0 spiro atoms. The Morgan fingerprint density at radius 1 is 1.26 bits per heavy atom. The van der Waals surface area contributed by atoms with Crippen LogP contribution in [0.15, 0.2) is 48.5 Å². The molecule has 31 heavy (non-hydrogen) atoms. The Labute approximate surface area is 184 Å². The van der Waals surface area contributed by atoms with Crippen molar-refractivity contribution in [1.29, 1.82) is 5.26 Å². The fourth-order valence-corrected chi connectivity index (χ4v) is 4.22. The molecule has 0 unspecified atom stereocenters. The Morgan fingerprint density at radius 3 is 2.58 bits per heavy atom. The van der Waals surface area contributed by atoms with Crippen LogP contribution < -0.4 is 14.4 Å². The third-order valence-electron chi connectivity index (χ3n) is 4.29. The van der Waals surface area contributed by atoms with Crippen molar-refractivity contribution in [1.82, 2.24) is 9.71 Å². The van der Waals surface area contributed by atoms with Crippen LogP contribution in [0.4, 0.5) is 10.8 Å². The third-order valence-corrected chi connectivity index (χ3v) is 5.84. The first-order valence-electron chi connectivity index (χ1n) is 9.10. The van der Waals surface area contributed by atoms with E-state index in [1.54, 1.807) is 38.3 Å². The fourth-order valence-electron chi connectivity index (χ4n) is 2.86. The van der Waals surface area contributed by atoms with Crippen LogP contribution in [0.1, 0.15) is 26.5 Å². The predicted molar refractivity (Wildman–Crippen MR) is 119 cm³/mol. The normalized spacial score (nSPS) is 10.9. The Morgan fingerprint density at radius 2 is 1.97 bits per heavy atom. The molecule has 0 fully saturated rings. The van der Waals surface area contributed by atoms with Crippen LogP contribution in [0.2, 0.25) is 0 Å². The summed E-state index contributed by atoms with van der Waals surface area (Å²) < 4.78 is 30.1. The molecule has 0 bridgehead atoms. The van der Waals surface area contributed by atoms with Crippen LogP contribution in [0, 0.1) is 18.3 Å². The molecule has 3 rings (SSSR count). The number of aromatic nitrogens is 1. The summed E-state index contributed by atoms with van der Waals surface area (Å²) in [5, 5.41) is 9.61. The smallest absolute Gasteiger partial charge is 0.284 e. The first-order chi connectivity index (χ1) is 14.7. The molecule has 0 atom stereocenters. The number of hydrogen-bond donors (Lipinski definition) is 1. The zero-order valence-electron chi connectivity index (χ0n) is 17.1. The number of anilines is 2. The molecule has 0 aliphatic heterocycles. The number of carbonyl (C=O) groups excluding carboxylic acids is 1. The van der Waals surface area contributed by atoms with Gasteiger partial charge in [0.1, 0.15) is 11.4 Å². The molecule has 0 saturated carbocycles. The van der Waals surface area contributed by atoms with Gasteiger partial charge in [-0.1, -0.05) is 12.1 Å². The Balaban J connectivity index is 2.02. The molecule has 10 heteroatoms. The Kier molecular flexibility index (Phi) is 6.58. The summed E-state index contributed by atoms with van der Waals surface area (Å²) in [6, 6.07) is 16.6. The lowest BCUT2D eigenvalue weighted by Gasteiger charge is -2.22. The number of nitrogens with one attached hydrogen (secondary N) is 1. The molecule has 0 radical (unpaired) electrons. The number of hydrogen-bond acceptors (Lipinski definition) is 8. The monoisotopic (exact) mass is 456 g/mol. The second-order valence-corrected chi connectivity index (χ2v) is 9.63. The summed E-state index contributed by atoms with van der Waals surface area (Å²) in [6.07, 6.45) is 0.916. The van der Waals surface area contributed by atoms with Gasteiger partial charge in [0, 0.05) is 10.6 Å². The average Bonchev–Trinajstić information content (AvgIpc) is 3.12. The van der Waals surface area contributed by atoms with Crippen molar-refractivity contribution in [3.8, 4) is 11.8 Å². The maximum atomic E-state index is 12.4. The fraction of sp³-hybridized carbons (Fsp3) is 0.190. The molecule has 3 aromatic rings. The number of nitrogens with zero attached hydrogens (tertiary/aromatic N) is 3. The lowest BCUT2D eigenvalue weighted by atomic mass is 10.1. The van der Waals surface area contributed by atoms with Gasteiger partial charge in [-0.05, 0) is 48.9 Å². The first kappa shape index (κ1) is 22.3. The standard InChI is InChI=1S/C21H20N4O4S2/c1-14-19(20(26)24-31(3,27)28)23-21(30-14)25(17-9-7-15(12-22)8-10-17)13-16-5-4-6-18(11-16)29-2/h4-11H,13H2,1-3H3,(H,24,26). The highest BCUT2D eigenvalue weighted by Crippen LogP contribution is 2.33. The predicted octanol–water partition coefficient (Wildman–Crippen LogP) is 3.36. The van der Waals surface area contributed by atoms with Gasteiger partial charge in [0.2, 0.25) is 10.0 Å². The van der Waals surface area contributed by atoms with Gasteiger partial charge in [-0.15, -0.1) is 11.3 Å². The van der Waals surface area contributed by atoms with E-state index in [9.17, 15) is 13.2 Å². The zero-order chi connectivity index (χ0) is 22.6. The number of nitriles is 1. The maximum Gasteiger partial charge on any atom is 0.284 e. The van der Waals surface area contributed by atoms with Gasteiger partial charge in [-0.25, -0.2) is 18.1 Å². The van der Waals surface area contributed by atoms with Crippen LogP contribution in [-0.2, 0) is 16.6 Å². The topological polar surface area (TPSA) is 112 Å². The van der Waals surface area contributed by atoms with Gasteiger partial charge in [0.25, 0.3) is 5.91 Å². The van der Waals surface area contributed by atoms with Crippen LogP contribution in [0.25, 0.3) is 0 Å². The third kappa shape index (κ3) is 5.59. The lowest BCUT2D eigenvalue weighted by Crippen LogP contribution is -2.30. The largest absolute Gasteiger partial charge is 0.497 e. The molecule has 2 aromatic carbocycles. The van der Waals surface area contributed by atoms with E-state index in [1.165, 1.54) is 11.3 Å². The number of aryl methyl sites for hydroxylation is 1. The van der Waals surface area contributed by atoms with Gasteiger partial charge in [0.15, 0.2) is 5.13 Å². The van der Waals surface area contributed by atoms with E-state index >= 15 is 0 Å². The van der Waals surface area contributed by atoms with E-state index < -0.39 is 15.9 Å². The highest BCUT2D eigenvalue weighted by atomic mass is 32.2. The van der Waals surface area contributed by atoms with Crippen LogP contribution in [0.5, 0.6) is 5.75 Å². The molecule has 0 aliphatic carbocycles. The van der Waals surface area contributed by atoms with Gasteiger partial charge in [-0.2, -0.15) is 5.26 Å². The van der Waals surface area contributed by atoms with Gasteiger partial charge < -0.3 is 9.64 Å². The quantitative estimate of drug-likeness (QED) is 0.580. The van der Waals surface area contributed by atoms with Crippen molar-refractivity contribution >= 4 is 38.1 Å². The summed E-state index contributed by atoms with van der Waals surface area (Å²) in [5.74, 6) is -0.0653. The number of benzene rings is 2. The molecular formula is C21H20N4O4S2. The number of thiazole rings is 1. The lowest BCUT2D eigenvalue weighted by molar-refractivity contribution is 0.0977. The minimum Gasteiger partial charge on any atom is -0.497 e. The van der Waals surface area contributed by atoms with Crippen molar-refractivity contribution < 1.29 is 17.9 Å². The molecule has 160 valence electrons. The van der Waals surface area contributed by atoms with Crippen molar-refractivity contribution in [3.63, 3.8) is 0 Å². The second kappa shape index (κ2) is 9.16. The van der Waals surface area contributed by atoms with Crippen molar-refractivity contribution in [2.75, 3.05) is 18.3 Å². The number of sulfonamides is 1. The number of rotatable bonds is 7. The Bertz CT molecular complexity index is 1250. The first-order valence-corrected chi connectivity index (χ1v) is 11.8. The zero-order valence-corrected chi connectivity index (χ0v) is 18.8. The summed E-state index contributed by atoms with van der Waals surface area (Å²) in [5.41, 5.74) is 2.28. The molecule has 8 nitrogen and oxygen atoms in total. The van der Waals surface area contributed by atoms with Crippen LogP contribution >= 0.6 is 11.3 Å². The van der Waals surface area contributed by atoms with Crippen molar-refractivity contribution in [3.05, 3.63) is 70.2 Å². The average molecular weight is 457 g/mol. The number of ether oxygens (including phenoxy) is 1. The molecular weight excluding hydrogens is 436 g/mol. The maximum absolute atomic E-state index is 12.4. The molecule has 0 saturated heterocycles.